The van der Waals surface area contributed by atoms with Crippen molar-refractivity contribution >= 4 is 141 Å². The quantitative estimate of drug-likeness (QED) is 0.143. The van der Waals surface area contributed by atoms with Gasteiger partial charge in [-0.3, -0.25) is 0 Å². The molecule has 4 nitrogen and oxygen atoms in total. The lowest BCUT2D eigenvalue weighted by molar-refractivity contribution is 1.18. The molecule has 5 heterocycles. The molecule has 8 aromatic carbocycles. The van der Waals surface area contributed by atoms with Gasteiger partial charge in [-0.15, -0.1) is 22.7 Å². The highest BCUT2D eigenvalue weighted by atomic mass is 35.5. The number of benzene rings is 8. The number of H-pyrrole nitrogens is 1. The van der Waals surface area contributed by atoms with Crippen LogP contribution < -0.4 is 0 Å². The van der Waals surface area contributed by atoms with Gasteiger partial charge in [-0.25, -0.2) is 9.97 Å². The van der Waals surface area contributed by atoms with Crippen LogP contribution in [0.5, 0.6) is 0 Å². The highest BCUT2D eigenvalue weighted by molar-refractivity contribution is 7.27. The fourth-order valence-corrected chi connectivity index (χ4v) is 12.0. The van der Waals surface area contributed by atoms with Crippen molar-refractivity contribution in [2.24, 2.45) is 0 Å². The number of hydrogen-bond acceptors (Lipinski definition) is 4. The zero-order valence-electron chi connectivity index (χ0n) is 30.3. The summed E-state index contributed by atoms with van der Waals surface area (Å²) in [5.74, 6) is 0. The summed E-state index contributed by atoms with van der Waals surface area (Å²) in [6, 6.07) is 55.4. The van der Waals surface area contributed by atoms with E-state index in [4.69, 9.17) is 23.2 Å². The Labute approximate surface area is 348 Å². The highest BCUT2D eigenvalue weighted by Crippen LogP contribution is 2.48. The first-order chi connectivity index (χ1) is 28.6. The smallest absolute Gasteiger partial charge is 0.224 e. The van der Waals surface area contributed by atoms with Gasteiger partial charge in [-0.05, 0) is 105 Å². The van der Waals surface area contributed by atoms with Gasteiger partial charge in [0.15, 0.2) is 5.15 Å². The number of fused-ring (bicyclic) bond motifs is 16. The average molecular weight is 818 g/mol. The van der Waals surface area contributed by atoms with Crippen LogP contribution in [0, 0.1) is 0 Å². The van der Waals surface area contributed by atoms with Crippen molar-refractivity contribution in [1.29, 1.82) is 0 Å². The third kappa shape index (κ3) is 4.63. The molecule has 0 spiro atoms. The van der Waals surface area contributed by atoms with E-state index >= 15 is 0 Å². The van der Waals surface area contributed by atoms with E-state index in [1.54, 1.807) is 11.3 Å². The summed E-state index contributed by atoms with van der Waals surface area (Å²) >= 11 is 16.2. The van der Waals surface area contributed by atoms with Gasteiger partial charge >= 0.3 is 0 Å². The molecule has 0 radical (unpaired) electrons. The Morgan fingerprint density at radius 2 is 1.10 bits per heavy atom. The largest absolute Gasteiger partial charge is 0.353 e. The van der Waals surface area contributed by atoms with Crippen LogP contribution in [0.25, 0.3) is 123 Å². The molecule has 0 amide bonds. The van der Waals surface area contributed by atoms with E-state index in [9.17, 15) is 0 Å². The lowest BCUT2D eigenvalue weighted by Gasteiger charge is -2.08. The van der Waals surface area contributed by atoms with Crippen molar-refractivity contribution in [2.45, 2.75) is 0 Å². The molecule has 0 aliphatic carbocycles. The maximum Gasteiger partial charge on any atom is 0.224 e. The second-order valence-electron chi connectivity index (χ2n) is 14.9. The van der Waals surface area contributed by atoms with Gasteiger partial charge in [-0.2, -0.15) is 0 Å². The fraction of sp³-hybridized carbons (Fsp3) is 0. The molecular weight excluding hydrogens is 792 g/mol. The SMILES string of the molecule is Clc1nc(Cl)c2sc3ccc(-c4ccc5c(c4)sc4c6[nH]c7ccc(-c8ccc9c(c8)c8ccccc8n9-c8ccccc8)cc7c6c6ccccc6c54)cc3c2n1. The van der Waals surface area contributed by atoms with Crippen molar-refractivity contribution in [3.8, 4) is 27.9 Å². The highest BCUT2D eigenvalue weighted by Gasteiger charge is 2.20. The molecule has 13 aromatic rings. The van der Waals surface area contributed by atoms with Gasteiger partial charge in [0.2, 0.25) is 5.28 Å². The van der Waals surface area contributed by atoms with E-state index in [0.29, 0.717) is 5.15 Å². The third-order valence-corrected chi connectivity index (χ3v) is 14.7. The van der Waals surface area contributed by atoms with Crippen molar-refractivity contribution in [3.63, 3.8) is 0 Å². The maximum atomic E-state index is 6.47. The molecular formula is C50H26Cl2N4S2. The Morgan fingerprint density at radius 3 is 1.95 bits per heavy atom. The molecule has 13 rings (SSSR count). The second kappa shape index (κ2) is 12.1. The van der Waals surface area contributed by atoms with E-state index in [2.05, 4.69) is 171 Å². The summed E-state index contributed by atoms with van der Waals surface area (Å²) in [5.41, 5.74) is 11.4. The summed E-state index contributed by atoms with van der Waals surface area (Å²) in [7, 11) is 0. The molecule has 0 bridgehead atoms. The van der Waals surface area contributed by atoms with Gasteiger partial charge < -0.3 is 9.55 Å². The number of aromatic nitrogens is 4. The van der Waals surface area contributed by atoms with Gasteiger partial charge in [0.25, 0.3) is 0 Å². The van der Waals surface area contributed by atoms with E-state index in [1.165, 1.54) is 80.2 Å². The Balaban J connectivity index is 0.991. The molecule has 0 saturated carbocycles. The van der Waals surface area contributed by atoms with Crippen LogP contribution in [0.1, 0.15) is 0 Å². The Bertz CT molecular complexity index is 3890. The molecule has 0 aliphatic rings. The number of nitrogens with one attached hydrogen (secondary N) is 1. The molecule has 0 fully saturated rings. The maximum absolute atomic E-state index is 6.47. The van der Waals surface area contributed by atoms with E-state index < -0.39 is 0 Å². The van der Waals surface area contributed by atoms with E-state index in [1.807, 2.05) is 11.3 Å². The minimum Gasteiger partial charge on any atom is -0.353 e. The molecule has 0 atom stereocenters. The standard InChI is InChI=1S/C50H26Cl2N4S2/c51-49-48-45(54-50(52)55-49)37-24-28(17-21-41(37)57-48)29-14-18-34-42(25-29)58-47-44(34)33-12-5-4-11-32(33)43-36-23-26(15-19-38(36)53-46(43)47)27-16-20-40-35(22-27)31-10-6-7-13-39(31)56(40)30-8-2-1-3-9-30/h1-25,53H. The topological polar surface area (TPSA) is 46.5 Å². The first kappa shape index (κ1) is 32.8. The zero-order chi connectivity index (χ0) is 38.2. The zero-order valence-corrected chi connectivity index (χ0v) is 33.5. The van der Waals surface area contributed by atoms with E-state index in [-0.39, 0.29) is 5.28 Å². The van der Waals surface area contributed by atoms with Crippen LogP contribution in [0.15, 0.2) is 152 Å². The minimum atomic E-state index is 0.158. The number of thiophene rings is 2. The lowest BCUT2D eigenvalue weighted by Crippen LogP contribution is -1.92. The number of rotatable bonds is 3. The Hall–Kier alpha value is -6.28. The molecule has 272 valence electrons. The monoisotopic (exact) mass is 816 g/mol. The van der Waals surface area contributed by atoms with E-state index in [0.717, 1.165) is 42.6 Å². The van der Waals surface area contributed by atoms with Crippen LogP contribution in [-0.2, 0) is 0 Å². The Morgan fingerprint density at radius 1 is 0.466 bits per heavy atom. The first-order valence-corrected chi connectivity index (χ1v) is 21.4. The summed E-state index contributed by atoms with van der Waals surface area (Å²) in [6.07, 6.45) is 0. The van der Waals surface area contributed by atoms with Gasteiger partial charge in [-0.1, -0.05) is 103 Å². The number of nitrogens with zero attached hydrogens (tertiary/aromatic N) is 3. The van der Waals surface area contributed by atoms with Gasteiger partial charge in [0.1, 0.15) is 0 Å². The summed E-state index contributed by atoms with van der Waals surface area (Å²) in [5, 5.41) is 11.7. The normalized spacial score (nSPS) is 12.3. The predicted octanol–water partition coefficient (Wildman–Crippen LogP) is 15.7. The second-order valence-corrected chi connectivity index (χ2v) is 17.7. The van der Waals surface area contributed by atoms with Crippen LogP contribution in [0.4, 0.5) is 0 Å². The summed E-state index contributed by atoms with van der Waals surface area (Å²) < 4.78 is 6.85. The molecule has 0 unspecified atom stereocenters. The van der Waals surface area contributed by atoms with Crippen LogP contribution in [0.3, 0.4) is 0 Å². The fourth-order valence-electron chi connectivity index (χ4n) is 9.23. The van der Waals surface area contributed by atoms with Gasteiger partial charge in [0.05, 0.1) is 31.5 Å². The number of para-hydroxylation sites is 2. The molecule has 1 N–H and O–H groups in total. The van der Waals surface area contributed by atoms with Gasteiger partial charge in [0, 0.05) is 58.3 Å². The van der Waals surface area contributed by atoms with Crippen molar-refractivity contribution < 1.29 is 0 Å². The van der Waals surface area contributed by atoms with Crippen molar-refractivity contribution in [1.82, 2.24) is 19.5 Å². The average Bonchev–Trinajstić information content (AvgIpc) is 4.02. The first-order valence-electron chi connectivity index (χ1n) is 19.0. The molecule has 58 heavy (non-hydrogen) atoms. The van der Waals surface area contributed by atoms with Crippen molar-refractivity contribution in [2.75, 3.05) is 0 Å². The molecule has 8 heteroatoms. The summed E-state index contributed by atoms with van der Waals surface area (Å²) in [4.78, 5) is 12.6. The number of aromatic amines is 1. The lowest BCUT2D eigenvalue weighted by atomic mass is 9.96. The summed E-state index contributed by atoms with van der Waals surface area (Å²) in [6.45, 7) is 0. The molecule has 0 aliphatic heterocycles. The predicted molar refractivity (Wildman–Crippen MR) is 250 cm³/mol. The molecule has 0 saturated heterocycles. The minimum absolute atomic E-state index is 0.158. The van der Waals surface area contributed by atoms with Crippen LogP contribution in [0.2, 0.25) is 10.4 Å². The molecule has 5 aromatic heterocycles. The number of hydrogen-bond donors (Lipinski definition) is 1. The number of halogens is 2. The third-order valence-electron chi connectivity index (χ3n) is 11.8. The van der Waals surface area contributed by atoms with Crippen molar-refractivity contribution in [3.05, 3.63) is 162 Å². The van der Waals surface area contributed by atoms with Crippen LogP contribution >= 0.6 is 45.9 Å². The van der Waals surface area contributed by atoms with Crippen LogP contribution in [-0.4, -0.2) is 19.5 Å². The Kier molecular flexibility index (Phi) is 6.85.